The van der Waals surface area contributed by atoms with Crippen molar-refractivity contribution in [1.82, 2.24) is 4.57 Å². The van der Waals surface area contributed by atoms with Crippen molar-refractivity contribution in [2.24, 2.45) is 0 Å². The maximum Gasteiger partial charge on any atom is 0.511 e. The molecule has 1 heterocycles. The first kappa shape index (κ1) is 22.0. The van der Waals surface area contributed by atoms with Crippen LogP contribution < -0.4 is 14.9 Å². The van der Waals surface area contributed by atoms with Crippen molar-refractivity contribution in [3.05, 3.63) is 67.9 Å². The van der Waals surface area contributed by atoms with Gasteiger partial charge in [0.15, 0.2) is 5.75 Å². The van der Waals surface area contributed by atoms with Crippen LogP contribution >= 0.6 is 23.2 Å². The van der Waals surface area contributed by atoms with Gasteiger partial charge in [-0.2, -0.15) is 0 Å². The van der Waals surface area contributed by atoms with E-state index in [1.165, 1.54) is 6.20 Å². The molecule has 0 saturated heterocycles. The van der Waals surface area contributed by atoms with Crippen LogP contribution in [0.2, 0.25) is 10.0 Å². The van der Waals surface area contributed by atoms with Crippen LogP contribution in [0.3, 0.4) is 0 Å². The van der Waals surface area contributed by atoms with Gasteiger partial charge in [0, 0.05) is 19.0 Å². The monoisotopic (exact) mass is 451 g/mol. The first-order valence-electron chi connectivity index (χ1n) is 9.13. The van der Waals surface area contributed by atoms with Gasteiger partial charge in [-0.15, -0.1) is 0 Å². The van der Waals surface area contributed by atoms with Gasteiger partial charge in [-0.3, -0.25) is 4.79 Å². The predicted octanol–water partition coefficient (Wildman–Crippen LogP) is 4.35. The van der Waals surface area contributed by atoms with E-state index in [0.29, 0.717) is 39.9 Å². The summed E-state index contributed by atoms with van der Waals surface area (Å²) in [7, 11) is 0. The van der Waals surface area contributed by atoms with Gasteiger partial charge >= 0.3 is 6.16 Å². The number of ether oxygens (including phenoxy) is 2. The fourth-order valence-corrected chi connectivity index (χ4v) is 3.60. The molecule has 158 valence electrons. The number of aliphatic hydroxyl groups excluding tert-OH is 1. The SMILES string of the molecule is CCOc1cc2c(cc1Cc1cccc(Cl)c1Cl)c(=O)c(OC(=O)O)cn2CCO. The molecule has 0 fully saturated rings. The van der Waals surface area contributed by atoms with Crippen molar-refractivity contribution in [3.63, 3.8) is 0 Å². The van der Waals surface area contributed by atoms with Crippen molar-refractivity contribution >= 4 is 40.3 Å². The fourth-order valence-electron chi connectivity index (χ4n) is 3.21. The number of hydrogen-bond donors (Lipinski definition) is 2. The molecule has 0 radical (unpaired) electrons. The molecule has 2 N–H and O–H groups in total. The zero-order chi connectivity index (χ0) is 21.8. The number of fused-ring (bicyclic) bond motifs is 1. The molecule has 2 aromatic carbocycles. The molecule has 0 spiro atoms. The number of benzene rings is 2. The summed E-state index contributed by atoms with van der Waals surface area (Å²) in [6.45, 7) is 2.16. The van der Waals surface area contributed by atoms with Crippen molar-refractivity contribution in [1.29, 1.82) is 0 Å². The van der Waals surface area contributed by atoms with Crippen LogP contribution in [0.4, 0.5) is 4.79 Å². The summed E-state index contributed by atoms with van der Waals surface area (Å²) < 4.78 is 12.0. The quantitative estimate of drug-likeness (QED) is 0.518. The van der Waals surface area contributed by atoms with Crippen LogP contribution in [0, 0.1) is 0 Å². The zero-order valence-corrected chi connectivity index (χ0v) is 17.5. The molecule has 3 rings (SSSR count). The maximum atomic E-state index is 12.9. The predicted molar refractivity (Wildman–Crippen MR) is 114 cm³/mol. The van der Waals surface area contributed by atoms with E-state index in [1.54, 1.807) is 28.8 Å². The minimum atomic E-state index is -1.60. The summed E-state index contributed by atoms with van der Waals surface area (Å²) in [5, 5.41) is 19.4. The van der Waals surface area contributed by atoms with E-state index < -0.39 is 11.6 Å². The normalized spacial score (nSPS) is 10.9. The molecule has 0 saturated carbocycles. The minimum Gasteiger partial charge on any atom is -0.494 e. The summed E-state index contributed by atoms with van der Waals surface area (Å²) in [5.74, 6) is 0.193. The lowest BCUT2D eigenvalue weighted by molar-refractivity contribution is 0.143. The molecule has 0 amide bonds. The van der Waals surface area contributed by atoms with Crippen LogP contribution in [-0.2, 0) is 13.0 Å². The molecule has 9 heteroatoms. The third-order valence-corrected chi connectivity index (χ3v) is 5.34. The van der Waals surface area contributed by atoms with Crippen molar-refractivity contribution in [2.75, 3.05) is 13.2 Å². The third-order valence-electron chi connectivity index (χ3n) is 4.48. The van der Waals surface area contributed by atoms with Gasteiger partial charge in [0.25, 0.3) is 0 Å². The standard InChI is InChI=1S/C21H19Cl2NO6/c1-2-29-17-10-16-14(9-13(17)8-12-4-3-5-15(22)19(12)23)20(26)18(30-21(27)28)11-24(16)6-7-25/h3-5,9-11,25H,2,6-8H2,1H3,(H,27,28). The van der Waals surface area contributed by atoms with Gasteiger partial charge in [-0.05, 0) is 30.2 Å². The molecule has 7 nitrogen and oxygen atoms in total. The van der Waals surface area contributed by atoms with E-state index in [9.17, 15) is 14.7 Å². The number of aliphatic hydroxyl groups is 1. The first-order valence-corrected chi connectivity index (χ1v) is 9.88. The second-order valence-electron chi connectivity index (χ2n) is 6.41. The Morgan fingerprint density at radius 1 is 1.17 bits per heavy atom. The van der Waals surface area contributed by atoms with Gasteiger partial charge in [-0.1, -0.05) is 35.3 Å². The van der Waals surface area contributed by atoms with E-state index in [0.717, 1.165) is 5.56 Å². The minimum absolute atomic E-state index is 0.137. The van der Waals surface area contributed by atoms with Crippen molar-refractivity contribution in [2.45, 2.75) is 19.9 Å². The summed E-state index contributed by atoms with van der Waals surface area (Å²) in [5.41, 5.74) is 1.32. The van der Waals surface area contributed by atoms with Crippen LogP contribution in [0.15, 0.2) is 41.3 Å². The number of carbonyl (C=O) groups is 1. The molecule has 0 bridgehead atoms. The van der Waals surface area contributed by atoms with E-state index in [4.69, 9.17) is 33.0 Å². The number of carboxylic acid groups (broad SMARTS) is 1. The number of aromatic nitrogens is 1. The van der Waals surface area contributed by atoms with E-state index >= 15 is 0 Å². The summed E-state index contributed by atoms with van der Waals surface area (Å²) in [6, 6.07) is 8.59. The summed E-state index contributed by atoms with van der Waals surface area (Å²) >= 11 is 12.4. The Hall–Kier alpha value is -2.74. The lowest BCUT2D eigenvalue weighted by Gasteiger charge is -2.17. The van der Waals surface area contributed by atoms with Gasteiger partial charge in [0.1, 0.15) is 5.75 Å². The molecule has 0 unspecified atom stereocenters. The van der Waals surface area contributed by atoms with Crippen LogP contribution in [0.5, 0.6) is 11.5 Å². The van der Waals surface area contributed by atoms with Crippen molar-refractivity contribution < 1.29 is 24.5 Å². The lowest BCUT2D eigenvalue weighted by Crippen LogP contribution is -2.17. The van der Waals surface area contributed by atoms with Crippen molar-refractivity contribution in [3.8, 4) is 11.5 Å². The van der Waals surface area contributed by atoms with Crippen LogP contribution in [0.25, 0.3) is 10.9 Å². The van der Waals surface area contributed by atoms with Gasteiger partial charge in [0.2, 0.25) is 5.43 Å². The van der Waals surface area contributed by atoms with Gasteiger partial charge in [0.05, 0.1) is 40.4 Å². The second-order valence-corrected chi connectivity index (χ2v) is 7.19. The smallest absolute Gasteiger partial charge is 0.494 e. The molecule has 0 aliphatic heterocycles. The molecular formula is C21H19Cl2NO6. The van der Waals surface area contributed by atoms with E-state index in [-0.39, 0.29) is 24.3 Å². The number of rotatable bonds is 7. The highest BCUT2D eigenvalue weighted by molar-refractivity contribution is 6.42. The van der Waals surface area contributed by atoms with Gasteiger partial charge in [-0.25, -0.2) is 4.79 Å². The van der Waals surface area contributed by atoms with E-state index in [2.05, 4.69) is 4.74 Å². The van der Waals surface area contributed by atoms with Crippen LogP contribution in [0.1, 0.15) is 18.1 Å². The zero-order valence-electron chi connectivity index (χ0n) is 16.0. The number of halogens is 2. The lowest BCUT2D eigenvalue weighted by atomic mass is 10.0. The Morgan fingerprint density at radius 3 is 2.60 bits per heavy atom. The third kappa shape index (κ3) is 4.53. The highest BCUT2D eigenvalue weighted by Gasteiger charge is 2.17. The highest BCUT2D eigenvalue weighted by atomic mass is 35.5. The first-order chi connectivity index (χ1) is 14.3. The Bertz CT molecular complexity index is 1160. The molecule has 0 atom stereocenters. The molecule has 0 aliphatic rings. The van der Waals surface area contributed by atoms with Gasteiger partial charge < -0.3 is 24.3 Å². The average Bonchev–Trinajstić information content (AvgIpc) is 2.70. The summed E-state index contributed by atoms with van der Waals surface area (Å²) in [6.07, 6.45) is 0.00527. The molecule has 30 heavy (non-hydrogen) atoms. The number of nitrogens with zero attached hydrogens (tertiary/aromatic N) is 1. The molecule has 0 aliphatic carbocycles. The average molecular weight is 452 g/mol. The largest absolute Gasteiger partial charge is 0.511 e. The summed E-state index contributed by atoms with van der Waals surface area (Å²) in [4.78, 5) is 23.8. The number of pyridine rings is 1. The topological polar surface area (TPSA) is 98.0 Å². The Labute approximate surface area is 182 Å². The van der Waals surface area contributed by atoms with E-state index in [1.807, 2.05) is 13.0 Å². The Balaban J connectivity index is 2.24. The Kier molecular flexibility index (Phi) is 6.87. The molecular weight excluding hydrogens is 433 g/mol. The molecule has 3 aromatic rings. The molecule has 1 aromatic heterocycles. The van der Waals surface area contributed by atoms with Crippen LogP contribution in [-0.4, -0.2) is 34.1 Å². The maximum absolute atomic E-state index is 12.9. The second kappa shape index (κ2) is 9.38. The number of hydrogen-bond acceptors (Lipinski definition) is 5. The Morgan fingerprint density at radius 2 is 1.93 bits per heavy atom. The highest BCUT2D eigenvalue weighted by Crippen LogP contribution is 2.32. The fraction of sp³-hybridized carbons (Fsp3) is 0.238.